The first kappa shape index (κ1) is 27.9. The Morgan fingerprint density at radius 2 is 1.68 bits per heavy atom. The number of nitrogens with one attached hydrogen (secondary N) is 1. The summed E-state index contributed by atoms with van der Waals surface area (Å²) in [5, 5.41) is 21.3. The Labute approximate surface area is 240 Å². The molecule has 3 aromatic carbocycles. The van der Waals surface area contributed by atoms with Crippen molar-refractivity contribution in [1.82, 2.24) is 15.1 Å². The summed E-state index contributed by atoms with van der Waals surface area (Å²) < 4.78 is 11.2. The molecule has 5 rings (SSSR count). The van der Waals surface area contributed by atoms with E-state index in [2.05, 4.69) is 37.4 Å². The highest BCUT2D eigenvalue weighted by molar-refractivity contribution is 6.02. The van der Waals surface area contributed by atoms with Crippen molar-refractivity contribution in [3.05, 3.63) is 90.1 Å². The lowest BCUT2D eigenvalue weighted by Crippen LogP contribution is -2.46. The van der Waals surface area contributed by atoms with Crippen molar-refractivity contribution in [2.45, 2.75) is 26.5 Å². The number of benzene rings is 3. The fourth-order valence-corrected chi connectivity index (χ4v) is 4.82. The number of hydrogen-bond acceptors (Lipinski definition) is 8. The summed E-state index contributed by atoms with van der Waals surface area (Å²) in [5.74, 6) is 2.22. The van der Waals surface area contributed by atoms with Gasteiger partial charge in [0.1, 0.15) is 17.2 Å². The number of phenolic OH excluding ortho intramolecular Hbond substituents is 1. The molecule has 9 heteroatoms. The fraction of sp³-hybridized carbons (Fsp3) is 0.281. The molecule has 0 unspecified atom stereocenters. The maximum atomic E-state index is 12.6. The third-order valence-corrected chi connectivity index (χ3v) is 6.85. The minimum absolute atomic E-state index is 0.0619. The van der Waals surface area contributed by atoms with E-state index in [-0.39, 0.29) is 23.5 Å². The summed E-state index contributed by atoms with van der Waals surface area (Å²) in [5.41, 5.74) is 4.04. The van der Waals surface area contributed by atoms with Crippen molar-refractivity contribution in [3.63, 3.8) is 0 Å². The van der Waals surface area contributed by atoms with Gasteiger partial charge in [0.15, 0.2) is 11.5 Å². The number of anilines is 2. The molecule has 0 radical (unpaired) electrons. The number of rotatable bonds is 9. The molecule has 0 atom stereocenters. The Morgan fingerprint density at radius 3 is 2.34 bits per heavy atom. The SMILES string of the molecule is COc1ccc(NC(=O)c2ccc(N3CCN(Cc4cc(OC(C)C)cc(-c5cccc(O)c5)c4)CC3)nn2)cc1. The minimum atomic E-state index is -0.312. The number of amides is 1. The number of aromatic hydroxyl groups is 1. The van der Waals surface area contributed by atoms with Crippen molar-refractivity contribution in [1.29, 1.82) is 0 Å². The van der Waals surface area contributed by atoms with Crippen LogP contribution in [0, 0.1) is 0 Å². The molecular formula is C32H35N5O4. The molecule has 212 valence electrons. The zero-order chi connectivity index (χ0) is 28.8. The third-order valence-electron chi connectivity index (χ3n) is 6.85. The van der Waals surface area contributed by atoms with E-state index in [1.165, 1.54) is 0 Å². The van der Waals surface area contributed by atoms with Gasteiger partial charge in [-0.05, 0) is 97.3 Å². The molecule has 1 aliphatic rings. The predicted molar refractivity (Wildman–Crippen MR) is 160 cm³/mol. The number of hydrogen-bond donors (Lipinski definition) is 2. The third kappa shape index (κ3) is 7.32. The molecule has 1 amide bonds. The van der Waals surface area contributed by atoms with Gasteiger partial charge in [0.25, 0.3) is 5.91 Å². The van der Waals surface area contributed by atoms with E-state index in [1.807, 2.05) is 38.1 Å². The van der Waals surface area contributed by atoms with E-state index < -0.39 is 0 Å². The molecule has 4 aromatic rings. The van der Waals surface area contributed by atoms with Crippen LogP contribution in [0.5, 0.6) is 17.2 Å². The average molecular weight is 554 g/mol. The van der Waals surface area contributed by atoms with E-state index in [0.29, 0.717) is 5.69 Å². The lowest BCUT2D eigenvalue weighted by Gasteiger charge is -2.35. The second kappa shape index (κ2) is 12.7. The van der Waals surface area contributed by atoms with Crippen molar-refractivity contribution in [3.8, 4) is 28.4 Å². The van der Waals surface area contributed by atoms with Crippen LogP contribution in [0.4, 0.5) is 11.5 Å². The lowest BCUT2D eigenvalue weighted by molar-refractivity contribution is 0.102. The monoisotopic (exact) mass is 553 g/mol. The smallest absolute Gasteiger partial charge is 0.276 e. The molecule has 0 bridgehead atoms. The summed E-state index contributed by atoms with van der Waals surface area (Å²) in [6.45, 7) is 8.13. The largest absolute Gasteiger partial charge is 0.508 e. The zero-order valence-corrected chi connectivity index (χ0v) is 23.6. The molecule has 1 aliphatic heterocycles. The van der Waals surface area contributed by atoms with Crippen LogP contribution in [0.2, 0.25) is 0 Å². The maximum Gasteiger partial charge on any atom is 0.276 e. The lowest BCUT2D eigenvalue weighted by atomic mass is 10.0. The van der Waals surface area contributed by atoms with Crippen LogP contribution in [-0.4, -0.2) is 65.5 Å². The van der Waals surface area contributed by atoms with E-state index in [4.69, 9.17) is 9.47 Å². The maximum absolute atomic E-state index is 12.6. The number of carbonyl (C=O) groups excluding carboxylic acids is 1. The first-order chi connectivity index (χ1) is 19.9. The number of methoxy groups -OCH3 is 1. The van der Waals surface area contributed by atoms with Gasteiger partial charge in [0, 0.05) is 38.4 Å². The van der Waals surface area contributed by atoms with Crippen LogP contribution in [0.1, 0.15) is 29.9 Å². The topological polar surface area (TPSA) is 100 Å². The molecule has 2 heterocycles. The molecular weight excluding hydrogens is 518 g/mol. The Kier molecular flexibility index (Phi) is 8.64. The Morgan fingerprint density at radius 1 is 0.902 bits per heavy atom. The summed E-state index contributed by atoms with van der Waals surface area (Å²) >= 11 is 0. The standard InChI is InChI=1S/C32H35N5O4/c1-22(2)41-29-18-23(17-25(20-29)24-5-4-6-27(38)19-24)21-36-13-15-37(16-14-36)31-12-11-30(34-35-31)32(39)33-26-7-9-28(40-3)10-8-26/h4-12,17-20,22,38H,13-16,21H2,1-3H3,(H,33,39). The van der Waals surface area contributed by atoms with Gasteiger partial charge < -0.3 is 24.8 Å². The van der Waals surface area contributed by atoms with Crippen LogP contribution < -0.4 is 19.7 Å². The molecule has 1 saturated heterocycles. The highest BCUT2D eigenvalue weighted by Gasteiger charge is 2.20. The second-order valence-corrected chi connectivity index (χ2v) is 10.3. The Bertz CT molecular complexity index is 1470. The highest BCUT2D eigenvalue weighted by atomic mass is 16.5. The van der Waals surface area contributed by atoms with Crippen LogP contribution in [0.15, 0.2) is 78.9 Å². The van der Waals surface area contributed by atoms with Gasteiger partial charge in [-0.15, -0.1) is 10.2 Å². The Balaban J connectivity index is 1.19. The minimum Gasteiger partial charge on any atom is -0.508 e. The summed E-state index contributed by atoms with van der Waals surface area (Å²) in [6.07, 6.45) is 0.0619. The average Bonchev–Trinajstić information content (AvgIpc) is 2.97. The van der Waals surface area contributed by atoms with Crippen LogP contribution in [-0.2, 0) is 6.54 Å². The first-order valence-corrected chi connectivity index (χ1v) is 13.7. The Hall–Kier alpha value is -4.63. The molecule has 1 fully saturated rings. The van der Waals surface area contributed by atoms with Gasteiger partial charge in [0.05, 0.1) is 13.2 Å². The highest BCUT2D eigenvalue weighted by Crippen LogP contribution is 2.30. The van der Waals surface area contributed by atoms with E-state index in [1.54, 1.807) is 49.6 Å². The number of phenols is 1. The van der Waals surface area contributed by atoms with Gasteiger partial charge in [-0.3, -0.25) is 9.69 Å². The number of piperazine rings is 1. The van der Waals surface area contributed by atoms with Gasteiger partial charge in [-0.1, -0.05) is 12.1 Å². The first-order valence-electron chi connectivity index (χ1n) is 13.7. The van der Waals surface area contributed by atoms with Gasteiger partial charge in [-0.2, -0.15) is 0 Å². The van der Waals surface area contributed by atoms with Gasteiger partial charge in [-0.25, -0.2) is 0 Å². The van der Waals surface area contributed by atoms with Crippen LogP contribution in [0.3, 0.4) is 0 Å². The fourth-order valence-electron chi connectivity index (χ4n) is 4.82. The second-order valence-electron chi connectivity index (χ2n) is 10.3. The zero-order valence-electron chi connectivity index (χ0n) is 23.6. The normalized spacial score (nSPS) is 13.7. The summed E-state index contributed by atoms with van der Waals surface area (Å²) in [4.78, 5) is 17.2. The molecule has 9 nitrogen and oxygen atoms in total. The van der Waals surface area contributed by atoms with Crippen molar-refractivity contribution in [2.75, 3.05) is 43.5 Å². The van der Waals surface area contributed by atoms with E-state index in [9.17, 15) is 9.90 Å². The predicted octanol–water partition coefficient (Wildman–Crippen LogP) is 5.22. The van der Waals surface area contributed by atoms with Crippen LogP contribution in [0.25, 0.3) is 11.1 Å². The quantitative estimate of drug-likeness (QED) is 0.291. The number of aromatic nitrogens is 2. The molecule has 1 aromatic heterocycles. The van der Waals surface area contributed by atoms with Gasteiger partial charge in [0.2, 0.25) is 0 Å². The molecule has 0 spiro atoms. The van der Waals surface area contributed by atoms with Crippen molar-refractivity contribution < 1.29 is 19.4 Å². The van der Waals surface area contributed by atoms with E-state index in [0.717, 1.165) is 66.7 Å². The van der Waals surface area contributed by atoms with Crippen molar-refractivity contribution >= 4 is 17.4 Å². The number of nitrogens with zero attached hydrogens (tertiary/aromatic N) is 4. The number of carbonyl (C=O) groups is 1. The van der Waals surface area contributed by atoms with Crippen molar-refractivity contribution in [2.24, 2.45) is 0 Å². The molecule has 2 N–H and O–H groups in total. The molecule has 0 saturated carbocycles. The summed E-state index contributed by atoms with van der Waals surface area (Å²) in [6, 6.07) is 24.2. The number of ether oxygens (including phenoxy) is 2. The summed E-state index contributed by atoms with van der Waals surface area (Å²) in [7, 11) is 1.60. The van der Waals surface area contributed by atoms with Crippen LogP contribution >= 0.6 is 0 Å². The molecule has 41 heavy (non-hydrogen) atoms. The molecule has 0 aliphatic carbocycles. The van der Waals surface area contributed by atoms with Gasteiger partial charge >= 0.3 is 0 Å². The van der Waals surface area contributed by atoms with E-state index >= 15 is 0 Å².